The minimum absolute atomic E-state index is 0. The van der Waals surface area contributed by atoms with Gasteiger partial charge in [-0.3, -0.25) is 4.79 Å². The summed E-state index contributed by atoms with van der Waals surface area (Å²) in [6, 6.07) is 16.9. The van der Waals surface area contributed by atoms with Crippen LogP contribution in [-0.4, -0.2) is 19.1 Å². The van der Waals surface area contributed by atoms with Crippen LogP contribution in [-0.2, 0) is 10.2 Å². The molecule has 1 saturated carbocycles. The molecule has 0 radical (unpaired) electrons. The standard InChI is InChI=1S/C27H24F3NO4.H2/c1-16(2)17-4-3-5-18(12-17)21-14-20(7-9-22(21)35-27(28,29)30)31-25(32)26(10-11-26)19-6-8-23-24(13-19)34-15-33-23;/h3-9,12-14,16H,10-11,15H2,1-2H3,(H,31,32);1H. The molecule has 1 aliphatic heterocycles. The number of anilines is 1. The van der Waals surface area contributed by atoms with E-state index in [1.165, 1.54) is 18.2 Å². The van der Waals surface area contributed by atoms with Gasteiger partial charge in [0.1, 0.15) is 5.75 Å². The van der Waals surface area contributed by atoms with Crippen LogP contribution in [0, 0.1) is 0 Å². The van der Waals surface area contributed by atoms with Gasteiger partial charge in [0.2, 0.25) is 12.7 Å². The van der Waals surface area contributed by atoms with Crippen molar-refractivity contribution >= 4 is 11.6 Å². The van der Waals surface area contributed by atoms with Crippen molar-refractivity contribution in [2.75, 3.05) is 12.1 Å². The van der Waals surface area contributed by atoms with Crippen LogP contribution in [0.15, 0.2) is 60.7 Å². The van der Waals surface area contributed by atoms with Gasteiger partial charge in [-0.1, -0.05) is 44.2 Å². The summed E-state index contributed by atoms with van der Waals surface area (Å²) in [7, 11) is 0. The zero-order chi connectivity index (χ0) is 24.8. The molecule has 1 heterocycles. The van der Waals surface area contributed by atoms with E-state index >= 15 is 0 Å². The lowest BCUT2D eigenvalue weighted by Gasteiger charge is -2.19. The van der Waals surface area contributed by atoms with Crippen LogP contribution >= 0.6 is 0 Å². The summed E-state index contributed by atoms with van der Waals surface area (Å²) in [5.41, 5.74) is 2.30. The Morgan fingerprint density at radius 3 is 2.51 bits per heavy atom. The third-order valence-corrected chi connectivity index (χ3v) is 6.44. The zero-order valence-corrected chi connectivity index (χ0v) is 19.2. The van der Waals surface area contributed by atoms with Crippen LogP contribution in [0.3, 0.4) is 0 Å². The van der Waals surface area contributed by atoms with Gasteiger partial charge in [-0.25, -0.2) is 0 Å². The lowest BCUT2D eigenvalue weighted by molar-refractivity contribution is -0.274. The molecule has 0 atom stereocenters. The maximum absolute atomic E-state index is 13.3. The third-order valence-electron chi connectivity index (χ3n) is 6.44. The van der Waals surface area contributed by atoms with Crippen molar-refractivity contribution in [3.8, 4) is 28.4 Å². The molecule has 2 aliphatic rings. The number of hydrogen-bond donors (Lipinski definition) is 1. The Bertz CT molecular complexity index is 1290. The van der Waals surface area contributed by atoms with Gasteiger partial charge in [0.15, 0.2) is 11.5 Å². The SMILES string of the molecule is CC(C)c1cccc(-c2cc(NC(=O)C3(c4ccc5c(c4)OCO5)CC3)ccc2OC(F)(F)F)c1.[HH]. The molecule has 8 heteroatoms. The maximum atomic E-state index is 13.3. The Morgan fingerprint density at radius 2 is 1.80 bits per heavy atom. The molecule has 3 aromatic rings. The van der Waals surface area contributed by atoms with E-state index in [2.05, 4.69) is 10.1 Å². The second-order valence-electron chi connectivity index (χ2n) is 9.14. The smallest absolute Gasteiger partial charge is 0.454 e. The first-order valence-corrected chi connectivity index (χ1v) is 11.4. The lowest BCUT2D eigenvalue weighted by Crippen LogP contribution is -2.27. The van der Waals surface area contributed by atoms with Gasteiger partial charge in [0, 0.05) is 12.7 Å². The average molecular weight is 486 g/mol. The van der Waals surface area contributed by atoms with Crippen LogP contribution < -0.4 is 19.5 Å². The molecule has 1 amide bonds. The van der Waals surface area contributed by atoms with Gasteiger partial charge >= 0.3 is 6.36 Å². The van der Waals surface area contributed by atoms with Crippen molar-refractivity contribution in [1.29, 1.82) is 0 Å². The van der Waals surface area contributed by atoms with Crippen LogP contribution in [0.1, 0.15) is 45.2 Å². The first-order valence-electron chi connectivity index (χ1n) is 11.4. The Labute approximate surface area is 202 Å². The molecule has 3 aromatic carbocycles. The van der Waals surface area contributed by atoms with E-state index in [1.54, 1.807) is 18.2 Å². The molecular weight excluding hydrogens is 459 g/mol. The number of carbonyl (C=O) groups excluding carboxylic acids is 1. The van der Waals surface area contributed by atoms with E-state index in [0.717, 1.165) is 11.1 Å². The highest BCUT2D eigenvalue weighted by atomic mass is 19.4. The summed E-state index contributed by atoms with van der Waals surface area (Å²) in [6.45, 7) is 4.16. The summed E-state index contributed by atoms with van der Waals surface area (Å²) in [4.78, 5) is 13.3. The second-order valence-corrected chi connectivity index (χ2v) is 9.14. The lowest BCUT2D eigenvalue weighted by atomic mass is 9.94. The molecule has 1 fully saturated rings. The summed E-state index contributed by atoms with van der Waals surface area (Å²) in [5.74, 6) is 0.887. The zero-order valence-electron chi connectivity index (χ0n) is 19.2. The number of nitrogens with one attached hydrogen (secondary N) is 1. The van der Waals surface area contributed by atoms with Crippen molar-refractivity contribution in [2.24, 2.45) is 0 Å². The minimum atomic E-state index is -4.84. The van der Waals surface area contributed by atoms with E-state index < -0.39 is 11.8 Å². The van der Waals surface area contributed by atoms with Crippen LogP contribution in [0.2, 0.25) is 0 Å². The number of rotatable bonds is 6. The molecule has 0 saturated heterocycles. The summed E-state index contributed by atoms with van der Waals surface area (Å²) < 4.78 is 54.4. The average Bonchev–Trinajstić information content (AvgIpc) is 3.50. The molecule has 0 unspecified atom stereocenters. The monoisotopic (exact) mass is 485 g/mol. The first-order chi connectivity index (χ1) is 16.6. The van der Waals surface area contributed by atoms with E-state index in [9.17, 15) is 18.0 Å². The van der Waals surface area contributed by atoms with Crippen molar-refractivity contribution in [3.63, 3.8) is 0 Å². The number of amides is 1. The molecule has 5 nitrogen and oxygen atoms in total. The molecular formula is C27H26F3NO4. The van der Waals surface area contributed by atoms with Gasteiger partial charge in [0.25, 0.3) is 0 Å². The quantitative estimate of drug-likeness (QED) is 0.408. The predicted molar refractivity (Wildman–Crippen MR) is 127 cm³/mol. The van der Waals surface area contributed by atoms with Crippen molar-refractivity contribution in [2.45, 2.75) is 44.4 Å². The predicted octanol–water partition coefficient (Wildman–Crippen LogP) is 7.02. The van der Waals surface area contributed by atoms with Crippen LogP contribution in [0.25, 0.3) is 11.1 Å². The van der Waals surface area contributed by atoms with E-state index in [0.29, 0.717) is 35.6 Å². The second kappa shape index (κ2) is 8.52. The Morgan fingerprint density at radius 1 is 1.03 bits per heavy atom. The molecule has 0 spiro atoms. The van der Waals surface area contributed by atoms with Crippen molar-refractivity contribution < 1.29 is 33.6 Å². The number of benzene rings is 3. The van der Waals surface area contributed by atoms with Gasteiger partial charge in [-0.15, -0.1) is 13.2 Å². The summed E-state index contributed by atoms with van der Waals surface area (Å²) in [5, 5.41) is 2.90. The maximum Gasteiger partial charge on any atom is 0.573 e. The third kappa shape index (κ3) is 4.65. The van der Waals surface area contributed by atoms with E-state index in [-0.39, 0.29) is 31.4 Å². The normalized spacial score (nSPS) is 15.7. The molecule has 5 rings (SSSR count). The summed E-state index contributed by atoms with van der Waals surface area (Å²) in [6.07, 6.45) is -3.51. The number of halogens is 3. The fourth-order valence-electron chi connectivity index (χ4n) is 4.33. The van der Waals surface area contributed by atoms with Crippen LogP contribution in [0.4, 0.5) is 18.9 Å². The van der Waals surface area contributed by atoms with Gasteiger partial charge in [0.05, 0.1) is 5.41 Å². The fourth-order valence-corrected chi connectivity index (χ4v) is 4.33. The highest BCUT2D eigenvalue weighted by molar-refractivity contribution is 6.02. The largest absolute Gasteiger partial charge is 0.573 e. The van der Waals surface area contributed by atoms with Crippen LogP contribution in [0.5, 0.6) is 17.2 Å². The van der Waals surface area contributed by atoms with Crippen molar-refractivity contribution in [3.05, 3.63) is 71.8 Å². The Hall–Kier alpha value is -3.68. The molecule has 184 valence electrons. The Kier molecular flexibility index (Phi) is 5.62. The molecule has 1 aliphatic carbocycles. The summed E-state index contributed by atoms with van der Waals surface area (Å²) >= 11 is 0. The molecule has 0 aromatic heterocycles. The van der Waals surface area contributed by atoms with Gasteiger partial charge in [-0.2, -0.15) is 0 Å². The minimum Gasteiger partial charge on any atom is -0.454 e. The molecule has 35 heavy (non-hydrogen) atoms. The number of fused-ring (bicyclic) bond motifs is 1. The Balaban J connectivity index is 0.00000304. The highest BCUT2D eigenvalue weighted by Crippen LogP contribution is 2.51. The van der Waals surface area contributed by atoms with Crippen molar-refractivity contribution in [1.82, 2.24) is 0 Å². The topological polar surface area (TPSA) is 56.8 Å². The molecule has 0 bridgehead atoms. The van der Waals surface area contributed by atoms with E-state index in [4.69, 9.17) is 9.47 Å². The number of ether oxygens (including phenoxy) is 3. The van der Waals surface area contributed by atoms with Gasteiger partial charge in [-0.05, 0) is 65.8 Å². The number of alkyl halides is 3. The molecule has 1 N–H and O–H groups in total. The number of carbonyl (C=O) groups is 1. The highest BCUT2D eigenvalue weighted by Gasteiger charge is 2.51. The van der Waals surface area contributed by atoms with E-state index in [1.807, 2.05) is 38.1 Å². The number of hydrogen-bond acceptors (Lipinski definition) is 4. The van der Waals surface area contributed by atoms with Gasteiger partial charge < -0.3 is 19.5 Å². The fraction of sp³-hybridized carbons (Fsp3) is 0.296. The first kappa shape index (κ1) is 23.1.